The first-order valence-corrected chi connectivity index (χ1v) is 14.8. The fourth-order valence-corrected chi connectivity index (χ4v) is 5.66. The average molecular weight is 531 g/mol. The molecule has 1 aliphatic heterocycles. The number of carbonyl (C=O) groups excluding carboxylic acids is 1. The van der Waals surface area contributed by atoms with Gasteiger partial charge in [-0.3, -0.25) is 4.79 Å². The number of hydrogen-bond donors (Lipinski definition) is 1. The summed E-state index contributed by atoms with van der Waals surface area (Å²) >= 11 is 0. The van der Waals surface area contributed by atoms with Crippen molar-refractivity contribution < 1.29 is 17.9 Å². The molecule has 1 heterocycles. The van der Waals surface area contributed by atoms with Crippen LogP contribution < -0.4 is 15.1 Å². The number of methoxy groups -OCH3 is 1. The molecule has 0 saturated carbocycles. The molecule has 8 nitrogen and oxygen atoms in total. The SMILES string of the molecule is COCCCNC(=O)c1cc(S(C)(=O)=O)c(N2CCC(c3ccccc3)CC2)cc1N(C)CCN(C)C. The molecule has 1 saturated heterocycles. The van der Waals surface area contributed by atoms with E-state index in [-0.39, 0.29) is 10.8 Å². The van der Waals surface area contributed by atoms with Gasteiger partial charge < -0.3 is 24.8 Å². The highest BCUT2D eigenvalue weighted by molar-refractivity contribution is 7.90. The molecule has 1 fully saturated rings. The lowest BCUT2D eigenvalue weighted by Crippen LogP contribution is -2.35. The molecule has 0 radical (unpaired) electrons. The van der Waals surface area contributed by atoms with E-state index in [0.717, 1.165) is 38.2 Å². The molecule has 0 aromatic heterocycles. The fraction of sp³-hybridized carbons (Fsp3) is 0.536. The van der Waals surface area contributed by atoms with E-state index in [4.69, 9.17) is 4.74 Å². The predicted octanol–water partition coefficient (Wildman–Crippen LogP) is 3.24. The molecule has 0 bridgehead atoms. The van der Waals surface area contributed by atoms with Crippen molar-refractivity contribution in [2.45, 2.75) is 30.1 Å². The summed E-state index contributed by atoms with van der Waals surface area (Å²) in [7, 11) is 4.02. The molecule has 9 heteroatoms. The first-order chi connectivity index (χ1) is 17.6. The van der Waals surface area contributed by atoms with E-state index in [2.05, 4.69) is 39.4 Å². The van der Waals surface area contributed by atoms with Crippen LogP contribution in [0, 0.1) is 0 Å². The molecule has 3 rings (SSSR count). The summed E-state index contributed by atoms with van der Waals surface area (Å²) in [6, 6.07) is 14.0. The summed E-state index contributed by atoms with van der Waals surface area (Å²) in [5.41, 5.74) is 3.12. The highest BCUT2D eigenvalue weighted by atomic mass is 32.2. The van der Waals surface area contributed by atoms with Crippen LogP contribution >= 0.6 is 0 Å². The number of likely N-dealkylation sites (N-methyl/N-ethyl adjacent to an activating group) is 2. The van der Waals surface area contributed by atoms with Crippen molar-refractivity contribution in [3.8, 4) is 0 Å². The molecule has 0 unspecified atom stereocenters. The van der Waals surface area contributed by atoms with Crippen LogP contribution in [0.2, 0.25) is 0 Å². The van der Waals surface area contributed by atoms with Gasteiger partial charge in [0, 0.05) is 59.7 Å². The van der Waals surface area contributed by atoms with E-state index < -0.39 is 9.84 Å². The van der Waals surface area contributed by atoms with E-state index in [1.807, 2.05) is 38.2 Å². The predicted molar refractivity (Wildman–Crippen MR) is 151 cm³/mol. The van der Waals surface area contributed by atoms with Crippen molar-refractivity contribution in [3.63, 3.8) is 0 Å². The van der Waals surface area contributed by atoms with Gasteiger partial charge in [-0.15, -0.1) is 0 Å². The minimum atomic E-state index is -3.57. The van der Waals surface area contributed by atoms with Crippen LogP contribution in [0.3, 0.4) is 0 Å². The Bertz CT molecular complexity index is 1130. The maximum absolute atomic E-state index is 13.2. The molecule has 0 aliphatic carbocycles. The Morgan fingerprint density at radius 2 is 1.76 bits per heavy atom. The van der Waals surface area contributed by atoms with Crippen LogP contribution in [-0.4, -0.2) is 93.1 Å². The molecule has 1 aliphatic rings. The van der Waals surface area contributed by atoms with Crippen LogP contribution in [0.4, 0.5) is 11.4 Å². The zero-order valence-electron chi connectivity index (χ0n) is 22.9. The zero-order valence-corrected chi connectivity index (χ0v) is 23.7. The Hall–Kier alpha value is -2.62. The third-order valence-electron chi connectivity index (χ3n) is 6.93. The summed E-state index contributed by atoms with van der Waals surface area (Å²) in [5.74, 6) is 0.181. The van der Waals surface area contributed by atoms with Gasteiger partial charge in [-0.2, -0.15) is 0 Å². The van der Waals surface area contributed by atoms with Crippen molar-refractivity contribution in [1.82, 2.24) is 10.2 Å². The quantitative estimate of drug-likeness (QED) is 0.422. The van der Waals surface area contributed by atoms with Crippen molar-refractivity contribution in [2.24, 2.45) is 0 Å². The van der Waals surface area contributed by atoms with Gasteiger partial charge in [-0.05, 0) is 57.0 Å². The molecule has 0 atom stereocenters. The highest BCUT2D eigenvalue weighted by Crippen LogP contribution is 2.37. The lowest BCUT2D eigenvalue weighted by Gasteiger charge is -2.36. The van der Waals surface area contributed by atoms with Crippen LogP contribution in [0.5, 0.6) is 0 Å². The maximum atomic E-state index is 13.2. The molecule has 2 aromatic rings. The number of benzene rings is 2. The van der Waals surface area contributed by atoms with Crippen LogP contribution in [0.1, 0.15) is 41.1 Å². The normalized spacial score (nSPS) is 14.7. The number of anilines is 2. The molecule has 0 spiro atoms. The first-order valence-electron chi connectivity index (χ1n) is 12.9. The summed E-state index contributed by atoms with van der Waals surface area (Å²) < 4.78 is 31.0. The molecule has 37 heavy (non-hydrogen) atoms. The number of nitrogens with zero attached hydrogens (tertiary/aromatic N) is 3. The number of amides is 1. The van der Waals surface area contributed by atoms with E-state index in [0.29, 0.717) is 43.3 Å². The number of hydrogen-bond acceptors (Lipinski definition) is 7. The monoisotopic (exact) mass is 530 g/mol. The standard InChI is InChI=1S/C28H42N4O4S/c1-30(2)17-18-31(3)25-21-26(32-15-12-23(13-16-32)22-10-7-6-8-11-22)27(37(5,34)35)20-24(25)28(33)29-14-9-19-36-4/h6-8,10-11,20-21,23H,9,12-19H2,1-5H3,(H,29,33). The van der Waals surface area contributed by atoms with Gasteiger partial charge in [0.1, 0.15) is 0 Å². The third-order valence-corrected chi connectivity index (χ3v) is 8.06. The van der Waals surface area contributed by atoms with E-state index in [9.17, 15) is 13.2 Å². The van der Waals surface area contributed by atoms with Gasteiger partial charge in [0.15, 0.2) is 9.84 Å². The van der Waals surface area contributed by atoms with Gasteiger partial charge in [-0.25, -0.2) is 8.42 Å². The largest absolute Gasteiger partial charge is 0.385 e. The Labute approximate surface area is 222 Å². The second kappa shape index (κ2) is 13.3. The van der Waals surface area contributed by atoms with E-state index in [1.165, 1.54) is 11.8 Å². The smallest absolute Gasteiger partial charge is 0.253 e. The second-order valence-electron chi connectivity index (χ2n) is 10.1. The number of sulfone groups is 1. The summed E-state index contributed by atoms with van der Waals surface area (Å²) in [6.07, 6.45) is 3.79. The number of ether oxygens (including phenoxy) is 1. The van der Waals surface area contributed by atoms with Crippen LogP contribution in [0.15, 0.2) is 47.4 Å². The molecular weight excluding hydrogens is 488 g/mol. The van der Waals surface area contributed by atoms with Gasteiger partial charge in [-0.1, -0.05) is 30.3 Å². The fourth-order valence-electron chi connectivity index (χ4n) is 4.76. The first kappa shape index (κ1) is 28.9. The topological polar surface area (TPSA) is 82.2 Å². The lowest BCUT2D eigenvalue weighted by molar-refractivity contribution is 0.0949. The number of piperidine rings is 1. The number of rotatable bonds is 12. The van der Waals surface area contributed by atoms with Crippen LogP contribution in [0.25, 0.3) is 0 Å². The summed E-state index contributed by atoms with van der Waals surface area (Å²) in [5, 5.41) is 2.93. The molecule has 1 N–H and O–H groups in total. The van der Waals surface area contributed by atoms with Crippen molar-refractivity contribution >= 4 is 27.1 Å². The highest BCUT2D eigenvalue weighted by Gasteiger charge is 2.28. The van der Waals surface area contributed by atoms with Gasteiger partial charge in [0.2, 0.25) is 0 Å². The average Bonchev–Trinajstić information content (AvgIpc) is 2.89. The zero-order chi connectivity index (χ0) is 27.0. The minimum Gasteiger partial charge on any atom is -0.385 e. The number of nitrogens with one attached hydrogen (secondary N) is 1. The second-order valence-corrected chi connectivity index (χ2v) is 12.1. The van der Waals surface area contributed by atoms with Gasteiger partial charge in [0.25, 0.3) is 5.91 Å². The van der Waals surface area contributed by atoms with E-state index >= 15 is 0 Å². The maximum Gasteiger partial charge on any atom is 0.253 e. The van der Waals surface area contributed by atoms with Crippen LogP contribution in [-0.2, 0) is 14.6 Å². The van der Waals surface area contributed by atoms with Gasteiger partial charge >= 0.3 is 0 Å². The molecule has 1 amide bonds. The lowest BCUT2D eigenvalue weighted by atomic mass is 9.89. The van der Waals surface area contributed by atoms with E-state index in [1.54, 1.807) is 13.2 Å². The Kier molecular flexibility index (Phi) is 10.4. The summed E-state index contributed by atoms with van der Waals surface area (Å²) in [4.78, 5) is 19.7. The third kappa shape index (κ3) is 7.93. The minimum absolute atomic E-state index is 0.206. The molecule has 2 aromatic carbocycles. The van der Waals surface area contributed by atoms with Crippen molar-refractivity contribution in [1.29, 1.82) is 0 Å². The molecular formula is C28H42N4O4S. The van der Waals surface area contributed by atoms with Crippen molar-refractivity contribution in [3.05, 3.63) is 53.6 Å². The Morgan fingerprint density at radius 1 is 1.08 bits per heavy atom. The van der Waals surface area contributed by atoms with Crippen molar-refractivity contribution in [2.75, 3.05) is 83.6 Å². The van der Waals surface area contributed by atoms with Gasteiger partial charge in [0.05, 0.1) is 21.8 Å². The number of carbonyl (C=O) groups is 1. The Morgan fingerprint density at radius 3 is 2.35 bits per heavy atom. The Balaban J connectivity index is 1.95. The summed E-state index contributed by atoms with van der Waals surface area (Å²) in [6.45, 7) is 4.01. The molecule has 204 valence electrons.